The number of carbonyl (C=O) groups is 1. The molecule has 2 rings (SSSR count). The Bertz CT molecular complexity index is 686. The zero-order valence-corrected chi connectivity index (χ0v) is 17.8. The second-order valence-corrected chi connectivity index (χ2v) is 9.70. The first kappa shape index (κ1) is 22.2. The largest absolute Gasteiger partial charge is 0.378 e. The van der Waals surface area contributed by atoms with Crippen LogP contribution in [0.5, 0.6) is 0 Å². The van der Waals surface area contributed by atoms with Crippen molar-refractivity contribution in [3.63, 3.8) is 0 Å². The van der Waals surface area contributed by atoms with E-state index in [1.807, 2.05) is 6.26 Å². The van der Waals surface area contributed by atoms with Crippen LogP contribution in [0.2, 0.25) is 0 Å². The van der Waals surface area contributed by atoms with Crippen LogP contribution in [-0.2, 0) is 19.6 Å². The number of carbonyl (C=O) groups excluding carboxylic acids is 1. The number of benzene rings is 1. The van der Waals surface area contributed by atoms with Gasteiger partial charge in [0.1, 0.15) is 0 Å². The molecular formula is C19H30N2O4S2. The number of nitrogens with one attached hydrogen (secondary N) is 1. The lowest BCUT2D eigenvalue weighted by Gasteiger charge is -2.22. The lowest BCUT2D eigenvalue weighted by molar-refractivity contribution is -0.121. The van der Waals surface area contributed by atoms with Gasteiger partial charge in [-0.2, -0.15) is 4.31 Å². The summed E-state index contributed by atoms with van der Waals surface area (Å²) < 4.78 is 32.0. The topological polar surface area (TPSA) is 75.7 Å². The highest BCUT2D eigenvalue weighted by Gasteiger charge is 2.22. The van der Waals surface area contributed by atoms with E-state index < -0.39 is 10.0 Å². The highest BCUT2D eigenvalue weighted by Crippen LogP contribution is 2.21. The van der Waals surface area contributed by atoms with Gasteiger partial charge in [0.15, 0.2) is 0 Å². The SMILES string of the molecule is CSc1ccc(S(=O)(=O)N(C)CC(=O)NCCCOC2CCCCC2)cc1. The quantitative estimate of drug-likeness (QED) is 0.471. The van der Waals surface area contributed by atoms with Crippen molar-refractivity contribution in [1.29, 1.82) is 0 Å². The molecule has 1 aromatic carbocycles. The van der Waals surface area contributed by atoms with Gasteiger partial charge in [-0.1, -0.05) is 19.3 Å². The molecule has 152 valence electrons. The number of rotatable bonds is 10. The lowest BCUT2D eigenvalue weighted by Crippen LogP contribution is -2.38. The van der Waals surface area contributed by atoms with E-state index in [1.165, 1.54) is 26.3 Å². The summed E-state index contributed by atoms with van der Waals surface area (Å²) in [5.74, 6) is -0.306. The molecule has 0 aliphatic heterocycles. The minimum absolute atomic E-state index is 0.191. The molecule has 1 saturated carbocycles. The highest BCUT2D eigenvalue weighted by molar-refractivity contribution is 7.98. The van der Waals surface area contributed by atoms with Gasteiger partial charge >= 0.3 is 0 Å². The number of ether oxygens (including phenoxy) is 1. The van der Waals surface area contributed by atoms with Crippen molar-refractivity contribution in [2.24, 2.45) is 0 Å². The van der Waals surface area contributed by atoms with E-state index >= 15 is 0 Å². The number of likely N-dealkylation sites (N-methyl/N-ethyl adjacent to an activating group) is 1. The third-order valence-electron chi connectivity index (χ3n) is 4.68. The van der Waals surface area contributed by atoms with Gasteiger partial charge in [-0.3, -0.25) is 4.79 Å². The number of thioether (sulfide) groups is 1. The van der Waals surface area contributed by atoms with Gasteiger partial charge in [0.2, 0.25) is 15.9 Å². The summed E-state index contributed by atoms with van der Waals surface area (Å²) in [5, 5.41) is 2.76. The lowest BCUT2D eigenvalue weighted by atomic mass is 9.98. The molecule has 0 radical (unpaired) electrons. The van der Waals surface area contributed by atoms with Crippen molar-refractivity contribution in [3.05, 3.63) is 24.3 Å². The molecule has 27 heavy (non-hydrogen) atoms. The number of sulfonamides is 1. The van der Waals surface area contributed by atoms with Crippen LogP contribution >= 0.6 is 11.8 Å². The molecule has 0 aromatic heterocycles. The van der Waals surface area contributed by atoms with Crippen molar-refractivity contribution in [2.45, 2.75) is 54.4 Å². The van der Waals surface area contributed by atoms with Gasteiger partial charge in [0.05, 0.1) is 17.5 Å². The number of hydrogen-bond acceptors (Lipinski definition) is 5. The molecule has 0 spiro atoms. The average molecular weight is 415 g/mol. The molecule has 0 saturated heterocycles. The first-order chi connectivity index (χ1) is 12.9. The average Bonchev–Trinajstić information content (AvgIpc) is 2.68. The zero-order chi connectivity index (χ0) is 19.7. The second-order valence-electron chi connectivity index (χ2n) is 6.77. The molecule has 8 heteroatoms. The Morgan fingerprint density at radius 3 is 2.52 bits per heavy atom. The first-order valence-electron chi connectivity index (χ1n) is 9.42. The summed E-state index contributed by atoms with van der Waals surface area (Å²) in [6.07, 6.45) is 9.07. The van der Waals surface area contributed by atoms with Crippen molar-refractivity contribution in [1.82, 2.24) is 9.62 Å². The summed E-state index contributed by atoms with van der Waals surface area (Å²) in [5.41, 5.74) is 0. The third-order valence-corrected chi connectivity index (χ3v) is 7.24. The third kappa shape index (κ3) is 7.10. The van der Waals surface area contributed by atoms with Gasteiger partial charge in [-0.25, -0.2) is 8.42 Å². The highest BCUT2D eigenvalue weighted by atomic mass is 32.2. The van der Waals surface area contributed by atoms with Gasteiger partial charge < -0.3 is 10.1 Å². The minimum atomic E-state index is -3.67. The maximum Gasteiger partial charge on any atom is 0.243 e. The van der Waals surface area contributed by atoms with Gasteiger partial charge in [0, 0.05) is 25.1 Å². The molecule has 1 amide bonds. The van der Waals surface area contributed by atoms with E-state index in [0.29, 0.717) is 19.3 Å². The Hall–Kier alpha value is -1.09. The fraction of sp³-hybridized carbons (Fsp3) is 0.632. The molecule has 1 aliphatic rings. The second kappa shape index (κ2) is 11.0. The molecular weight excluding hydrogens is 384 g/mol. The van der Waals surface area contributed by atoms with Crippen LogP contribution in [0.4, 0.5) is 0 Å². The van der Waals surface area contributed by atoms with Crippen LogP contribution in [0.25, 0.3) is 0 Å². The van der Waals surface area contributed by atoms with E-state index in [0.717, 1.165) is 28.5 Å². The van der Waals surface area contributed by atoms with Crippen LogP contribution in [0, 0.1) is 0 Å². The normalized spacial score (nSPS) is 15.8. The Morgan fingerprint density at radius 2 is 1.89 bits per heavy atom. The van der Waals surface area contributed by atoms with Crippen LogP contribution in [0.1, 0.15) is 38.5 Å². The van der Waals surface area contributed by atoms with Crippen molar-refractivity contribution in [3.8, 4) is 0 Å². The Balaban J connectivity index is 1.70. The molecule has 1 fully saturated rings. The molecule has 6 nitrogen and oxygen atoms in total. The maximum atomic E-state index is 12.5. The monoisotopic (exact) mass is 414 g/mol. The number of amides is 1. The number of nitrogens with zero attached hydrogens (tertiary/aromatic N) is 1. The van der Waals surface area contributed by atoms with Crippen molar-refractivity contribution in [2.75, 3.05) is 33.0 Å². The zero-order valence-electron chi connectivity index (χ0n) is 16.1. The fourth-order valence-corrected chi connectivity index (χ4v) is 4.59. The Morgan fingerprint density at radius 1 is 1.22 bits per heavy atom. The molecule has 0 atom stereocenters. The Kier molecular flexibility index (Phi) is 9.08. The molecule has 1 aromatic rings. The van der Waals surface area contributed by atoms with Gasteiger partial charge in [-0.15, -0.1) is 11.8 Å². The van der Waals surface area contributed by atoms with E-state index in [9.17, 15) is 13.2 Å². The summed E-state index contributed by atoms with van der Waals surface area (Å²) in [6.45, 7) is 0.916. The van der Waals surface area contributed by atoms with Crippen molar-refractivity contribution < 1.29 is 17.9 Å². The fourth-order valence-electron chi connectivity index (χ4n) is 3.05. The van der Waals surface area contributed by atoms with Crippen LogP contribution in [0.3, 0.4) is 0 Å². The van der Waals surface area contributed by atoms with Gasteiger partial charge in [0.25, 0.3) is 0 Å². The van der Waals surface area contributed by atoms with Crippen LogP contribution in [-0.4, -0.2) is 57.7 Å². The van der Waals surface area contributed by atoms with E-state index in [1.54, 1.807) is 36.0 Å². The Labute approximate surface area is 167 Å². The van der Waals surface area contributed by atoms with E-state index in [2.05, 4.69) is 5.32 Å². The molecule has 0 unspecified atom stereocenters. The number of hydrogen-bond donors (Lipinski definition) is 1. The predicted octanol–water partition coefficient (Wildman–Crippen LogP) is 2.88. The standard InChI is InChI=1S/C19H30N2O4S2/c1-21(27(23,24)18-11-9-17(26-2)10-12-18)15-19(22)20-13-6-14-25-16-7-4-3-5-8-16/h9-12,16H,3-8,13-15H2,1-2H3,(H,20,22). The smallest absolute Gasteiger partial charge is 0.243 e. The maximum absolute atomic E-state index is 12.5. The first-order valence-corrected chi connectivity index (χ1v) is 12.1. The molecule has 0 heterocycles. The summed E-state index contributed by atoms with van der Waals surface area (Å²) in [4.78, 5) is 13.2. The van der Waals surface area contributed by atoms with Gasteiger partial charge in [-0.05, 0) is 49.8 Å². The van der Waals surface area contributed by atoms with E-state index in [-0.39, 0.29) is 17.3 Å². The van der Waals surface area contributed by atoms with E-state index in [4.69, 9.17) is 4.74 Å². The summed E-state index contributed by atoms with van der Waals surface area (Å²) >= 11 is 1.55. The molecule has 0 bridgehead atoms. The van der Waals surface area contributed by atoms with Crippen LogP contribution < -0.4 is 5.32 Å². The van der Waals surface area contributed by atoms with Crippen LogP contribution in [0.15, 0.2) is 34.1 Å². The minimum Gasteiger partial charge on any atom is -0.378 e. The molecule has 1 N–H and O–H groups in total. The summed E-state index contributed by atoms with van der Waals surface area (Å²) in [6, 6.07) is 6.66. The summed E-state index contributed by atoms with van der Waals surface area (Å²) in [7, 11) is -2.25. The van der Waals surface area contributed by atoms with Crippen molar-refractivity contribution >= 4 is 27.7 Å². The predicted molar refractivity (Wildman–Crippen MR) is 108 cm³/mol. The molecule has 1 aliphatic carbocycles.